The van der Waals surface area contributed by atoms with Gasteiger partial charge in [0, 0.05) is 18.7 Å². The van der Waals surface area contributed by atoms with E-state index in [9.17, 15) is 0 Å². The molecule has 0 amide bonds. The Morgan fingerprint density at radius 1 is 1.29 bits per heavy atom. The number of nitrogen functional groups attached to an aromatic ring is 1. The van der Waals surface area contributed by atoms with Crippen LogP contribution in [-0.4, -0.2) is 12.3 Å². The Bertz CT molecular complexity index is 448. The lowest BCUT2D eigenvalue weighted by Crippen LogP contribution is -2.41. The highest BCUT2D eigenvalue weighted by atomic mass is 16.5. The Hall–Kier alpha value is -1.58. The lowest BCUT2D eigenvalue weighted by Gasteiger charge is -2.27. The number of rotatable bonds is 3. The number of anilines is 1. The molecular weight excluding hydrogens is 212 g/mol. The van der Waals surface area contributed by atoms with Crippen molar-refractivity contribution in [3.05, 3.63) is 48.1 Å². The Morgan fingerprint density at radius 2 is 2.00 bits per heavy atom. The summed E-state index contributed by atoms with van der Waals surface area (Å²) in [5.74, 6) is 0. The maximum Gasteiger partial charge on any atom is 0.139 e. The van der Waals surface area contributed by atoms with Crippen molar-refractivity contribution in [2.45, 2.75) is 19.1 Å². The quantitative estimate of drug-likeness (QED) is 0.618. The molecule has 0 aliphatic heterocycles. The third kappa shape index (κ3) is 2.75. The number of allylic oxidation sites excluding steroid dienone is 2. The van der Waals surface area contributed by atoms with Crippen molar-refractivity contribution in [1.29, 1.82) is 0 Å². The molecule has 3 heteroatoms. The van der Waals surface area contributed by atoms with Crippen LogP contribution in [0.4, 0.5) is 5.69 Å². The number of benzene rings is 1. The lowest BCUT2D eigenvalue weighted by molar-refractivity contribution is 0.00579. The van der Waals surface area contributed by atoms with E-state index >= 15 is 0 Å². The zero-order valence-corrected chi connectivity index (χ0v) is 10.0. The monoisotopic (exact) mass is 230 g/mol. The van der Waals surface area contributed by atoms with Crippen LogP contribution in [0.15, 0.2) is 42.5 Å². The molecule has 2 rings (SSSR count). The van der Waals surface area contributed by atoms with E-state index in [0.717, 1.165) is 16.8 Å². The van der Waals surface area contributed by atoms with Crippen LogP contribution in [0.5, 0.6) is 0 Å². The maximum atomic E-state index is 6.06. The summed E-state index contributed by atoms with van der Waals surface area (Å²) in [7, 11) is 0. The minimum absolute atomic E-state index is 0.617. The van der Waals surface area contributed by atoms with Crippen molar-refractivity contribution in [2.75, 3.05) is 12.3 Å². The first-order valence-electron chi connectivity index (χ1n) is 5.81. The number of ether oxygens (including phenoxy) is 1. The molecule has 0 bridgehead atoms. The predicted molar refractivity (Wildman–Crippen MR) is 71.1 cm³/mol. The molecule has 0 saturated carbocycles. The van der Waals surface area contributed by atoms with Crippen molar-refractivity contribution in [3.8, 4) is 0 Å². The summed E-state index contributed by atoms with van der Waals surface area (Å²) < 4.78 is 5.50. The van der Waals surface area contributed by atoms with Crippen molar-refractivity contribution in [2.24, 2.45) is 5.73 Å². The summed E-state index contributed by atoms with van der Waals surface area (Å²) >= 11 is 0. The molecule has 17 heavy (non-hydrogen) atoms. The van der Waals surface area contributed by atoms with E-state index in [1.807, 2.05) is 43.3 Å². The fraction of sp³-hybridized carbons (Fsp3) is 0.286. The zero-order valence-electron chi connectivity index (χ0n) is 10.0. The molecule has 4 N–H and O–H groups in total. The molecule has 0 aromatic heterocycles. The molecule has 1 aromatic rings. The third-order valence-corrected chi connectivity index (χ3v) is 2.84. The summed E-state index contributed by atoms with van der Waals surface area (Å²) in [6.45, 7) is 2.56. The molecule has 0 fully saturated rings. The molecule has 3 nitrogen and oxygen atoms in total. The molecule has 1 unspecified atom stereocenters. The molecule has 0 spiro atoms. The number of hydrogen-bond donors (Lipinski definition) is 2. The van der Waals surface area contributed by atoms with Gasteiger partial charge in [0.05, 0.1) is 0 Å². The molecule has 1 aromatic carbocycles. The summed E-state index contributed by atoms with van der Waals surface area (Å²) in [4.78, 5) is 0. The van der Waals surface area contributed by atoms with Gasteiger partial charge in [-0.15, -0.1) is 0 Å². The van der Waals surface area contributed by atoms with Gasteiger partial charge >= 0.3 is 0 Å². The van der Waals surface area contributed by atoms with E-state index < -0.39 is 5.72 Å². The SMILES string of the molecule is CCOC1(N)C=CC(c2ccc(N)cc2)=CC1. The van der Waals surface area contributed by atoms with Gasteiger partial charge in [-0.3, -0.25) is 5.73 Å². The average Bonchev–Trinajstić information content (AvgIpc) is 2.31. The standard InChI is InChI=1S/C14H18N2O/c1-2-17-14(16)9-7-12(8-10-14)11-3-5-13(15)6-4-11/h3-9H,2,10,15-16H2,1H3. The fourth-order valence-electron chi connectivity index (χ4n) is 1.90. The van der Waals surface area contributed by atoms with Gasteiger partial charge in [-0.2, -0.15) is 0 Å². The van der Waals surface area contributed by atoms with Gasteiger partial charge in [0.25, 0.3) is 0 Å². The first-order chi connectivity index (χ1) is 8.13. The predicted octanol–water partition coefficient (Wildman–Crippen LogP) is 2.30. The van der Waals surface area contributed by atoms with Gasteiger partial charge in [0.2, 0.25) is 0 Å². The van der Waals surface area contributed by atoms with Gasteiger partial charge < -0.3 is 10.5 Å². The van der Waals surface area contributed by atoms with E-state index in [-0.39, 0.29) is 0 Å². The third-order valence-electron chi connectivity index (χ3n) is 2.84. The van der Waals surface area contributed by atoms with Crippen LogP contribution in [0.25, 0.3) is 5.57 Å². The molecule has 1 aliphatic rings. The van der Waals surface area contributed by atoms with Crippen molar-refractivity contribution < 1.29 is 4.74 Å². The number of nitrogens with two attached hydrogens (primary N) is 2. The summed E-state index contributed by atoms with van der Waals surface area (Å²) in [6.07, 6.45) is 6.71. The van der Waals surface area contributed by atoms with Gasteiger partial charge in [-0.1, -0.05) is 24.3 Å². The van der Waals surface area contributed by atoms with Crippen molar-refractivity contribution >= 4 is 11.3 Å². The highest BCUT2D eigenvalue weighted by molar-refractivity contribution is 5.76. The van der Waals surface area contributed by atoms with Crippen LogP contribution in [-0.2, 0) is 4.74 Å². The van der Waals surface area contributed by atoms with Crippen LogP contribution in [0.2, 0.25) is 0 Å². The summed E-state index contributed by atoms with van der Waals surface area (Å²) in [5, 5.41) is 0. The molecule has 90 valence electrons. The largest absolute Gasteiger partial charge is 0.399 e. The average molecular weight is 230 g/mol. The van der Waals surface area contributed by atoms with Crippen LogP contribution in [0, 0.1) is 0 Å². The molecule has 1 atom stereocenters. The highest BCUT2D eigenvalue weighted by Crippen LogP contribution is 2.26. The first kappa shape index (κ1) is 11.9. The van der Waals surface area contributed by atoms with E-state index in [1.165, 1.54) is 0 Å². The number of hydrogen-bond acceptors (Lipinski definition) is 3. The lowest BCUT2D eigenvalue weighted by atomic mass is 9.95. The van der Waals surface area contributed by atoms with E-state index in [2.05, 4.69) is 6.08 Å². The van der Waals surface area contributed by atoms with Gasteiger partial charge in [0.1, 0.15) is 5.72 Å². The highest BCUT2D eigenvalue weighted by Gasteiger charge is 2.23. The molecular formula is C14H18N2O. The minimum atomic E-state index is -0.647. The topological polar surface area (TPSA) is 61.3 Å². The first-order valence-corrected chi connectivity index (χ1v) is 5.81. The van der Waals surface area contributed by atoms with E-state index in [4.69, 9.17) is 16.2 Å². The van der Waals surface area contributed by atoms with E-state index in [0.29, 0.717) is 13.0 Å². The Labute approximate surface area is 102 Å². The van der Waals surface area contributed by atoms with Crippen molar-refractivity contribution in [1.82, 2.24) is 0 Å². The van der Waals surface area contributed by atoms with Gasteiger partial charge in [0.15, 0.2) is 0 Å². The fourth-order valence-corrected chi connectivity index (χ4v) is 1.90. The van der Waals surface area contributed by atoms with Crippen LogP contribution in [0.3, 0.4) is 0 Å². The molecule has 0 heterocycles. The smallest absolute Gasteiger partial charge is 0.139 e. The second-order valence-electron chi connectivity index (χ2n) is 4.21. The normalized spacial score (nSPS) is 23.5. The second kappa shape index (κ2) is 4.73. The Balaban J connectivity index is 2.14. The zero-order chi connectivity index (χ0) is 12.3. The van der Waals surface area contributed by atoms with Crippen LogP contribution >= 0.6 is 0 Å². The molecule has 0 radical (unpaired) electrons. The summed E-state index contributed by atoms with van der Waals surface area (Å²) in [6, 6.07) is 7.82. The molecule has 0 saturated heterocycles. The second-order valence-corrected chi connectivity index (χ2v) is 4.21. The van der Waals surface area contributed by atoms with Crippen LogP contribution in [0.1, 0.15) is 18.9 Å². The van der Waals surface area contributed by atoms with Gasteiger partial charge in [-0.05, 0) is 36.3 Å². The van der Waals surface area contributed by atoms with Crippen molar-refractivity contribution in [3.63, 3.8) is 0 Å². The maximum absolute atomic E-state index is 6.06. The van der Waals surface area contributed by atoms with E-state index in [1.54, 1.807) is 0 Å². The Morgan fingerprint density at radius 3 is 2.53 bits per heavy atom. The minimum Gasteiger partial charge on any atom is -0.399 e. The summed E-state index contributed by atoms with van der Waals surface area (Å²) in [5.41, 5.74) is 14.2. The van der Waals surface area contributed by atoms with Gasteiger partial charge in [-0.25, -0.2) is 0 Å². The molecule has 1 aliphatic carbocycles. The van der Waals surface area contributed by atoms with Crippen LogP contribution < -0.4 is 11.5 Å². The Kier molecular flexibility index (Phi) is 3.31.